The van der Waals surface area contributed by atoms with E-state index in [2.05, 4.69) is 6.58 Å². The van der Waals surface area contributed by atoms with Gasteiger partial charge in [-0.1, -0.05) is 12.0 Å². The number of carbonyl (C=O) groups excluding carboxylic acids is 1. The molecule has 0 radical (unpaired) electrons. The normalized spacial score (nSPS) is 26.3. The molecule has 0 saturated heterocycles. The predicted molar refractivity (Wildman–Crippen MR) is 57.5 cm³/mol. The summed E-state index contributed by atoms with van der Waals surface area (Å²) in [7, 11) is 0. The van der Waals surface area contributed by atoms with E-state index in [9.17, 15) is 9.59 Å². The van der Waals surface area contributed by atoms with Crippen molar-refractivity contribution in [3.8, 4) is 0 Å². The minimum atomic E-state index is -0.871. The van der Waals surface area contributed by atoms with Crippen LogP contribution in [0.3, 0.4) is 0 Å². The van der Waals surface area contributed by atoms with Crippen LogP contribution < -0.4 is 0 Å². The molecule has 0 heterocycles. The number of carbonyl (C=O) groups is 2. The third kappa shape index (κ3) is 3.50. The van der Waals surface area contributed by atoms with Crippen molar-refractivity contribution >= 4 is 11.8 Å². The highest BCUT2D eigenvalue weighted by molar-refractivity contribution is 5.87. The van der Waals surface area contributed by atoms with E-state index in [0.717, 1.165) is 31.3 Å². The Balaban J connectivity index is 2.58. The number of aliphatic carboxylic acids is 1. The first-order chi connectivity index (χ1) is 7.00. The summed E-state index contributed by atoms with van der Waals surface area (Å²) in [5.41, 5.74) is 1.00. The minimum absolute atomic E-state index is 0.00841. The van der Waals surface area contributed by atoms with Gasteiger partial charge in [-0.05, 0) is 26.2 Å². The van der Waals surface area contributed by atoms with Crippen LogP contribution >= 0.6 is 0 Å². The molecule has 0 aliphatic heterocycles. The fraction of sp³-hybridized carbons (Fsp3) is 0.667. The highest BCUT2D eigenvalue weighted by atomic mass is 16.4. The molecular formula is C12H18O3. The first kappa shape index (κ1) is 12.0. The average molecular weight is 210 g/mol. The minimum Gasteiger partial charge on any atom is -0.481 e. The van der Waals surface area contributed by atoms with Crippen molar-refractivity contribution in [1.82, 2.24) is 0 Å². The largest absolute Gasteiger partial charge is 0.481 e. The van der Waals surface area contributed by atoms with Gasteiger partial charge in [-0.15, -0.1) is 6.58 Å². The van der Waals surface area contributed by atoms with Gasteiger partial charge in [0.25, 0.3) is 0 Å². The van der Waals surface area contributed by atoms with Gasteiger partial charge < -0.3 is 5.11 Å². The van der Waals surface area contributed by atoms with Crippen LogP contribution in [-0.4, -0.2) is 16.9 Å². The lowest BCUT2D eigenvalue weighted by Gasteiger charge is -2.26. The second kappa shape index (κ2) is 5.10. The van der Waals surface area contributed by atoms with Crippen molar-refractivity contribution < 1.29 is 14.7 Å². The van der Waals surface area contributed by atoms with E-state index >= 15 is 0 Å². The number of ketones is 1. The molecule has 0 aromatic heterocycles. The standard InChI is InChI=1S/C12H18O3/c1-8(2)6-9-4-3-5-10(12(9)15)7-11(13)14/h9-10H,1,3-7H2,2H3,(H,13,14). The van der Waals surface area contributed by atoms with Crippen LogP contribution in [0.1, 0.15) is 39.0 Å². The van der Waals surface area contributed by atoms with Gasteiger partial charge in [0.2, 0.25) is 0 Å². The Morgan fingerprint density at radius 3 is 2.40 bits per heavy atom. The Morgan fingerprint density at radius 2 is 1.93 bits per heavy atom. The fourth-order valence-electron chi connectivity index (χ4n) is 2.27. The Kier molecular flexibility index (Phi) is 4.06. The molecule has 2 unspecified atom stereocenters. The quantitative estimate of drug-likeness (QED) is 0.725. The smallest absolute Gasteiger partial charge is 0.304 e. The van der Waals surface area contributed by atoms with E-state index in [1.807, 2.05) is 6.92 Å². The summed E-state index contributed by atoms with van der Waals surface area (Å²) in [5, 5.41) is 8.68. The summed E-state index contributed by atoms with van der Waals surface area (Å²) < 4.78 is 0. The number of hydrogen-bond donors (Lipinski definition) is 1. The molecule has 1 aliphatic rings. The lowest BCUT2D eigenvalue weighted by Crippen LogP contribution is -2.30. The number of allylic oxidation sites excluding steroid dienone is 1. The molecule has 1 N–H and O–H groups in total. The van der Waals surface area contributed by atoms with Gasteiger partial charge in [0.15, 0.2) is 0 Å². The number of carboxylic acid groups (broad SMARTS) is 1. The van der Waals surface area contributed by atoms with E-state index in [0.29, 0.717) is 0 Å². The monoisotopic (exact) mass is 210 g/mol. The lowest BCUT2D eigenvalue weighted by molar-refractivity contribution is -0.142. The van der Waals surface area contributed by atoms with E-state index in [4.69, 9.17) is 5.11 Å². The highest BCUT2D eigenvalue weighted by Crippen LogP contribution is 2.31. The third-order valence-electron chi connectivity index (χ3n) is 2.93. The van der Waals surface area contributed by atoms with Crippen LogP contribution in [0.25, 0.3) is 0 Å². The number of rotatable bonds is 4. The molecule has 1 rings (SSSR count). The van der Waals surface area contributed by atoms with Crippen molar-refractivity contribution in [1.29, 1.82) is 0 Å². The predicted octanol–water partition coefficient (Wildman–Crippen LogP) is 2.41. The summed E-state index contributed by atoms with van der Waals surface area (Å²) in [6.07, 6.45) is 3.29. The van der Waals surface area contributed by atoms with E-state index in [-0.39, 0.29) is 24.0 Å². The van der Waals surface area contributed by atoms with Crippen molar-refractivity contribution in [2.24, 2.45) is 11.8 Å². The molecule has 15 heavy (non-hydrogen) atoms. The summed E-state index contributed by atoms with van der Waals surface area (Å²) in [4.78, 5) is 22.5. The third-order valence-corrected chi connectivity index (χ3v) is 2.93. The lowest BCUT2D eigenvalue weighted by atomic mass is 9.76. The van der Waals surface area contributed by atoms with E-state index in [1.54, 1.807) is 0 Å². The Hall–Kier alpha value is -1.12. The molecular weight excluding hydrogens is 192 g/mol. The summed E-state index contributed by atoms with van der Waals surface area (Å²) in [5.74, 6) is -0.989. The highest BCUT2D eigenvalue weighted by Gasteiger charge is 2.32. The van der Waals surface area contributed by atoms with Gasteiger partial charge in [-0.25, -0.2) is 0 Å². The van der Waals surface area contributed by atoms with E-state index < -0.39 is 5.97 Å². The van der Waals surface area contributed by atoms with Gasteiger partial charge in [-0.3, -0.25) is 9.59 Å². The van der Waals surface area contributed by atoms with Crippen molar-refractivity contribution in [3.05, 3.63) is 12.2 Å². The summed E-state index contributed by atoms with van der Waals surface area (Å²) >= 11 is 0. The zero-order chi connectivity index (χ0) is 11.4. The first-order valence-corrected chi connectivity index (χ1v) is 5.40. The van der Waals surface area contributed by atoms with Gasteiger partial charge in [0.05, 0.1) is 6.42 Å². The molecule has 0 aromatic rings. The zero-order valence-corrected chi connectivity index (χ0v) is 9.16. The number of hydrogen-bond acceptors (Lipinski definition) is 2. The molecule has 1 fully saturated rings. The van der Waals surface area contributed by atoms with Gasteiger partial charge in [0.1, 0.15) is 5.78 Å². The molecule has 0 spiro atoms. The van der Waals surface area contributed by atoms with Crippen LogP contribution in [0.4, 0.5) is 0 Å². The Bertz CT molecular complexity index is 255. The Labute approximate surface area is 90.2 Å². The van der Waals surface area contributed by atoms with E-state index in [1.165, 1.54) is 0 Å². The van der Waals surface area contributed by atoms with Gasteiger partial charge in [-0.2, -0.15) is 0 Å². The summed E-state index contributed by atoms with van der Waals surface area (Å²) in [6, 6.07) is 0. The molecule has 84 valence electrons. The SMILES string of the molecule is C=C(C)CC1CCCC(CC(=O)O)C1=O. The first-order valence-electron chi connectivity index (χ1n) is 5.40. The maximum atomic E-state index is 11.9. The maximum Gasteiger partial charge on any atom is 0.304 e. The molecule has 0 aromatic carbocycles. The maximum absolute atomic E-state index is 11.9. The molecule has 3 nitrogen and oxygen atoms in total. The topological polar surface area (TPSA) is 54.4 Å². The van der Waals surface area contributed by atoms with Crippen molar-refractivity contribution in [2.75, 3.05) is 0 Å². The van der Waals surface area contributed by atoms with Gasteiger partial charge >= 0.3 is 5.97 Å². The second-order valence-electron chi connectivity index (χ2n) is 4.49. The molecule has 0 bridgehead atoms. The van der Waals surface area contributed by atoms with Crippen LogP contribution in [0.2, 0.25) is 0 Å². The second-order valence-corrected chi connectivity index (χ2v) is 4.49. The number of Topliss-reactive ketones (excluding diaryl/α,β-unsaturated/α-hetero) is 1. The average Bonchev–Trinajstić information content (AvgIpc) is 2.10. The molecule has 2 atom stereocenters. The fourth-order valence-corrected chi connectivity index (χ4v) is 2.27. The van der Waals surface area contributed by atoms with Crippen LogP contribution in [-0.2, 0) is 9.59 Å². The number of carboxylic acids is 1. The zero-order valence-electron chi connectivity index (χ0n) is 9.16. The molecule has 1 saturated carbocycles. The van der Waals surface area contributed by atoms with Gasteiger partial charge in [0, 0.05) is 11.8 Å². The van der Waals surface area contributed by atoms with Crippen molar-refractivity contribution in [2.45, 2.75) is 39.0 Å². The molecule has 1 aliphatic carbocycles. The molecule has 3 heteroatoms. The van der Waals surface area contributed by atoms with Crippen LogP contribution in [0, 0.1) is 11.8 Å². The van der Waals surface area contributed by atoms with Crippen LogP contribution in [0.15, 0.2) is 12.2 Å². The van der Waals surface area contributed by atoms with Crippen molar-refractivity contribution in [3.63, 3.8) is 0 Å². The summed E-state index contributed by atoms with van der Waals surface area (Å²) in [6.45, 7) is 5.71. The van der Waals surface area contributed by atoms with Crippen LogP contribution in [0.5, 0.6) is 0 Å². The Morgan fingerprint density at radius 1 is 1.40 bits per heavy atom. The molecule has 0 amide bonds.